The van der Waals surface area contributed by atoms with Gasteiger partial charge in [0.2, 0.25) is 5.91 Å². The lowest BCUT2D eigenvalue weighted by Crippen LogP contribution is -2.41. The van der Waals surface area contributed by atoms with E-state index in [1.807, 2.05) is 32.0 Å². The van der Waals surface area contributed by atoms with Gasteiger partial charge in [-0.2, -0.15) is 0 Å². The van der Waals surface area contributed by atoms with Crippen molar-refractivity contribution in [3.05, 3.63) is 69.3 Å². The second kappa shape index (κ2) is 7.57. The van der Waals surface area contributed by atoms with E-state index in [1.165, 1.54) is 24.3 Å². The van der Waals surface area contributed by atoms with Gasteiger partial charge in [-0.25, -0.2) is 0 Å². The highest BCUT2D eigenvalue weighted by molar-refractivity contribution is 6.01. The van der Waals surface area contributed by atoms with Crippen molar-refractivity contribution in [1.82, 2.24) is 5.32 Å². The molecule has 0 bridgehead atoms. The molecule has 0 aromatic heterocycles. The molecule has 0 radical (unpaired) electrons. The number of hydrogen-bond acceptors (Lipinski definition) is 4. The lowest BCUT2D eigenvalue weighted by atomic mass is 10.1. The zero-order valence-corrected chi connectivity index (χ0v) is 14.2. The Bertz CT molecular complexity index is 813. The van der Waals surface area contributed by atoms with Gasteiger partial charge in [0.15, 0.2) is 0 Å². The third kappa shape index (κ3) is 4.87. The van der Waals surface area contributed by atoms with Gasteiger partial charge in [-0.3, -0.25) is 19.7 Å². The maximum absolute atomic E-state index is 12.2. The van der Waals surface area contributed by atoms with Crippen molar-refractivity contribution in [2.75, 3.05) is 5.32 Å². The summed E-state index contributed by atoms with van der Waals surface area (Å²) in [6, 6.07) is 10.2. The van der Waals surface area contributed by atoms with Crippen LogP contribution in [0.2, 0.25) is 0 Å². The van der Waals surface area contributed by atoms with Crippen LogP contribution in [0.1, 0.15) is 28.4 Å². The van der Waals surface area contributed by atoms with E-state index >= 15 is 0 Å². The summed E-state index contributed by atoms with van der Waals surface area (Å²) < 4.78 is 0. The molecule has 7 heteroatoms. The summed E-state index contributed by atoms with van der Waals surface area (Å²) in [6.45, 7) is 5.40. The molecule has 1 unspecified atom stereocenters. The number of rotatable bonds is 5. The Hall–Kier alpha value is -3.22. The first-order valence-corrected chi connectivity index (χ1v) is 7.71. The van der Waals surface area contributed by atoms with E-state index in [0.717, 1.165) is 11.1 Å². The molecule has 0 aliphatic carbocycles. The Kier molecular flexibility index (Phi) is 5.49. The van der Waals surface area contributed by atoms with Gasteiger partial charge in [-0.15, -0.1) is 0 Å². The highest BCUT2D eigenvalue weighted by atomic mass is 16.6. The molecule has 130 valence electrons. The maximum Gasteiger partial charge on any atom is 0.270 e. The monoisotopic (exact) mass is 341 g/mol. The van der Waals surface area contributed by atoms with Crippen molar-refractivity contribution >= 4 is 23.2 Å². The Labute approximate surface area is 145 Å². The number of aryl methyl sites for hydroxylation is 2. The van der Waals surface area contributed by atoms with Gasteiger partial charge < -0.3 is 10.6 Å². The minimum Gasteiger partial charge on any atom is -0.341 e. The molecule has 0 spiro atoms. The third-order valence-corrected chi connectivity index (χ3v) is 3.55. The van der Waals surface area contributed by atoms with Gasteiger partial charge >= 0.3 is 0 Å². The normalized spacial score (nSPS) is 11.5. The second-order valence-corrected chi connectivity index (χ2v) is 5.87. The van der Waals surface area contributed by atoms with Gasteiger partial charge in [-0.05, 0) is 50.1 Å². The summed E-state index contributed by atoms with van der Waals surface area (Å²) in [4.78, 5) is 34.6. The number of non-ortho nitro benzene ring substituents is 1. The number of carbonyl (C=O) groups is 2. The first kappa shape index (κ1) is 18.1. The number of amides is 2. The van der Waals surface area contributed by atoms with Crippen LogP contribution < -0.4 is 10.6 Å². The molecule has 0 saturated carbocycles. The number of anilines is 1. The van der Waals surface area contributed by atoms with Crippen LogP contribution in [-0.4, -0.2) is 22.8 Å². The minimum absolute atomic E-state index is 0.125. The topological polar surface area (TPSA) is 101 Å². The fourth-order valence-corrected chi connectivity index (χ4v) is 2.40. The molecular formula is C18H19N3O4. The van der Waals surface area contributed by atoms with Crippen LogP contribution in [0.4, 0.5) is 11.4 Å². The summed E-state index contributed by atoms with van der Waals surface area (Å²) in [5.74, 6) is -0.921. The number of benzene rings is 2. The maximum atomic E-state index is 12.2. The zero-order chi connectivity index (χ0) is 18.6. The Balaban J connectivity index is 2.04. The molecular weight excluding hydrogens is 322 g/mol. The summed E-state index contributed by atoms with van der Waals surface area (Å²) in [5, 5.41) is 16.1. The van der Waals surface area contributed by atoms with Gasteiger partial charge in [0.25, 0.3) is 11.6 Å². The Morgan fingerprint density at radius 2 is 1.72 bits per heavy atom. The van der Waals surface area contributed by atoms with Crippen molar-refractivity contribution in [3.63, 3.8) is 0 Å². The SMILES string of the molecule is Cc1cc(C)cc(NC(=O)C(C)NC(=O)c2cccc([N+](=O)[O-])c2)c1. The van der Waals surface area contributed by atoms with Gasteiger partial charge in [-0.1, -0.05) is 12.1 Å². The number of hydrogen-bond donors (Lipinski definition) is 2. The van der Waals surface area contributed by atoms with E-state index < -0.39 is 16.9 Å². The first-order valence-electron chi connectivity index (χ1n) is 7.71. The van der Waals surface area contributed by atoms with E-state index in [-0.39, 0.29) is 17.2 Å². The van der Waals surface area contributed by atoms with Crippen molar-refractivity contribution in [3.8, 4) is 0 Å². The summed E-state index contributed by atoms with van der Waals surface area (Å²) in [6.07, 6.45) is 0. The van der Waals surface area contributed by atoms with Crippen LogP contribution in [-0.2, 0) is 4.79 Å². The van der Waals surface area contributed by atoms with E-state index in [2.05, 4.69) is 10.6 Å². The van der Waals surface area contributed by atoms with Crippen LogP contribution >= 0.6 is 0 Å². The summed E-state index contributed by atoms with van der Waals surface area (Å²) in [7, 11) is 0. The number of nitrogens with zero attached hydrogens (tertiary/aromatic N) is 1. The highest BCUT2D eigenvalue weighted by Crippen LogP contribution is 2.15. The van der Waals surface area contributed by atoms with Crippen LogP contribution in [0.25, 0.3) is 0 Å². The van der Waals surface area contributed by atoms with E-state index in [9.17, 15) is 19.7 Å². The average Bonchev–Trinajstić information content (AvgIpc) is 2.53. The van der Waals surface area contributed by atoms with Gasteiger partial charge in [0, 0.05) is 23.4 Å². The minimum atomic E-state index is -0.799. The lowest BCUT2D eigenvalue weighted by molar-refractivity contribution is -0.384. The Morgan fingerprint density at radius 1 is 1.08 bits per heavy atom. The smallest absolute Gasteiger partial charge is 0.270 e. The number of nitro groups is 1. The fraction of sp³-hybridized carbons (Fsp3) is 0.222. The van der Waals surface area contributed by atoms with E-state index in [0.29, 0.717) is 5.69 Å². The first-order chi connectivity index (χ1) is 11.8. The Morgan fingerprint density at radius 3 is 2.32 bits per heavy atom. The molecule has 25 heavy (non-hydrogen) atoms. The van der Waals surface area contributed by atoms with Gasteiger partial charge in [0.1, 0.15) is 6.04 Å². The third-order valence-electron chi connectivity index (χ3n) is 3.55. The molecule has 7 nitrogen and oxygen atoms in total. The van der Waals surface area contributed by atoms with Crippen LogP contribution in [0, 0.1) is 24.0 Å². The summed E-state index contributed by atoms with van der Waals surface area (Å²) in [5.41, 5.74) is 2.63. The average molecular weight is 341 g/mol. The van der Waals surface area contributed by atoms with Gasteiger partial charge in [0.05, 0.1) is 4.92 Å². The summed E-state index contributed by atoms with van der Waals surface area (Å²) >= 11 is 0. The predicted molar refractivity (Wildman–Crippen MR) is 94.6 cm³/mol. The largest absolute Gasteiger partial charge is 0.341 e. The molecule has 0 aliphatic heterocycles. The molecule has 2 aromatic rings. The predicted octanol–water partition coefficient (Wildman–Crippen LogP) is 2.97. The highest BCUT2D eigenvalue weighted by Gasteiger charge is 2.18. The number of nitro benzene ring substituents is 1. The van der Waals surface area contributed by atoms with E-state index in [1.54, 1.807) is 6.92 Å². The molecule has 0 fully saturated rings. The van der Waals surface area contributed by atoms with Crippen LogP contribution in [0.15, 0.2) is 42.5 Å². The van der Waals surface area contributed by atoms with Crippen molar-refractivity contribution in [2.24, 2.45) is 0 Å². The zero-order valence-electron chi connectivity index (χ0n) is 14.2. The molecule has 2 rings (SSSR count). The van der Waals surface area contributed by atoms with Crippen LogP contribution in [0.3, 0.4) is 0 Å². The quantitative estimate of drug-likeness (QED) is 0.645. The number of carbonyl (C=O) groups excluding carboxylic acids is 2. The van der Waals surface area contributed by atoms with E-state index in [4.69, 9.17) is 0 Å². The molecule has 0 saturated heterocycles. The number of nitrogens with one attached hydrogen (secondary N) is 2. The van der Waals surface area contributed by atoms with Crippen LogP contribution in [0.5, 0.6) is 0 Å². The molecule has 2 aromatic carbocycles. The lowest BCUT2D eigenvalue weighted by Gasteiger charge is -2.15. The standard InChI is InChI=1S/C18H19N3O4/c1-11-7-12(2)9-15(8-11)20-17(22)13(3)19-18(23)14-5-4-6-16(10-14)21(24)25/h4-10,13H,1-3H3,(H,19,23)(H,20,22). The molecule has 0 heterocycles. The molecule has 2 N–H and O–H groups in total. The second-order valence-electron chi connectivity index (χ2n) is 5.87. The molecule has 0 aliphatic rings. The van der Waals surface area contributed by atoms with Crippen molar-refractivity contribution in [2.45, 2.75) is 26.8 Å². The molecule has 1 atom stereocenters. The fourth-order valence-electron chi connectivity index (χ4n) is 2.40. The van der Waals surface area contributed by atoms with Crippen molar-refractivity contribution < 1.29 is 14.5 Å². The van der Waals surface area contributed by atoms with Crippen molar-refractivity contribution in [1.29, 1.82) is 0 Å². The molecule has 2 amide bonds.